The lowest BCUT2D eigenvalue weighted by Gasteiger charge is -2.27. The molecule has 0 aliphatic carbocycles. The first-order valence-electron chi connectivity index (χ1n) is 10.6. The minimum absolute atomic E-state index is 0.0383. The minimum Gasteiger partial charge on any atom is -0.495 e. The molecule has 10 nitrogen and oxygen atoms in total. The third kappa shape index (κ3) is 5.15. The lowest BCUT2D eigenvalue weighted by molar-refractivity contribution is -0.116. The van der Waals surface area contributed by atoms with E-state index in [0.29, 0.717) is 49.3 Å². The lowest BCUT2D eigenvalue weighted by Crippen LogP contribution is -2.40. The molecule has 1 unspecified atom stereocenters. The van der Waals surface area contributed by atoms with Crippen molar-refractivity contribution in [2.45, 2.75) is 17.9 Å². The SMILES string of the molecule is COc1ccc(NC(C)C(=O)Nc2ccc3c(c2)OCCO3)cc1S(=O)(=O)N1CCOCC1. The molecule has 4 rings (SSSR count). The molecule has 0 spiro atoms. The highest BCUT2D eigenvalue weighted by molar-refractivity contribution is 7.89. The Morgan fingerprint density at radius 1 is 1.00 bits per heavy atom. The Bertz CT molecular complexity index is 1120. The number of fused-ring (bicyclic) bond motifs is 1. The van der Waals surface area contributed by atoms with E-state index in [1.54, 1.807) is 37.3 Å². The Balaban J connectivity index is 1.48. The van der Waals surface area contributed by atoms with E-state index in [9.17, 15) is 13.2 Å². The van der Waals surface area contributed by atoms with E-state index in [-0.39, 0.29) is 29.6 Å². The molecule has 1 amide bonds. The molecule has 1 saturated heterocycles. The van der Waals surface area contributed by atoms with Crippen LogP contribution in [0.5, 0.6) is 17.2 Å². The number of morpholine rings is 1. The summed E-state index contributed by atoms with van der Waals surface area (Å²) in [7, 11) is -2.36. The van der Waals surface area contributed by atoms with E-state index in [0.717, 1.165) is 0 Å². The normalized spacial score (nSPS) is 17.2. The maximum absolute atomic E-state index is 13.2. The zero-order valence-corrected chi connectivity index (χ0v) is 19.3. The van der Waals surface area contributed by atoms with Crippen LogP contribution in [0.2, 0.25) is 0 Å². The molecular formula is C22H27N3O7S. The molecule has 0 radical (unpaired) electrons. The van der Waals surface area contributed by atoms with Crippen molar-refractivity contribution in [3.8, 4) is 17.2 Å². The number of rotatable bonds is 7. The lowest BCUT2D eigenvalue weighted by atomic mass is 10.2. The zero-order valence-electron chi connectivity index (χ0n) is 18.5. The molecule has 11 heteroatoms. The van der Waals surface area contributed by atoms with Crippen LogP contribution in [0, 0.1) is 0 Å². The van der Waals surface area contributed by atoms with Crippen LogP contribution in [-0.2, 0) is 19.6 Å². The van der Waals surface area contributed by atoms with E-state index in [1.807, 2.05) is 0 Å². The number of nitrogens with one attached hydrogen (secondary N) is 2. The van der Waals surface area contributed by atoms with E-state index >= 15 is 0 Å². The standard InChI is InChI=1S/C22H27N3O7S/c1-15(22(26)24-16-3-5-18-20(13-16)32-12-11-31-18)23-17-4-6-19(29-2)21(14-17)33(27,28)25-7-9-30-10-8-25/h3-6,13-15,23H,7-12H2,1-2H3,(H,24,26). The Hall–Kier alpha value is -3.02. The van der Waals surface area contributed by atoms with Gasteiger partial charge in [0, 0.05) is 30.5 Å². The van der Waals surface area contributed by atoms with Gasteiger partial charge in [-0.1, -0.05) is 0 Å². The number of carbonyl (C=O) groups is 1. The van der Waals surface area contributed by atoms with Crippen LogP contribution in [0.4, 0.5) is 11.4 Å². The van der Waals surface area contributed by atoms with Crippen LogP contribution in [-0.4, -0.2) is 71.3 Å². The predicted molar refractivity (Wildman–Crippen MR) is 122 cm³/mol. The smallest absolute Gasteiger partial charge is 0.246 e. The zero-order chi connectivity index (χ0) is 23.4. The molecule has 2 aromatic carbocycles. The summed E-state index contributed by atoms with van der Waals surface area (Å²) in [6.07, 6.45) is 0. The summed E-state index contributed by atoms with van der Waals surface area (Å²) in [4.78, 5) is 12.8. The van der Waals surface area contributed by atoms with Crippen molar-refractivity contribution in [3.63, 3.8) is 0 Å². The Kier molecular flexibility index (Phi) is 6.91. The molecule has 0 saturated carbocycles. The second-order valence-corrected chi connectivity index (χ2v) is 9.50. The van der Waals surface area contributed by atoms with Gasteiger partial charge in [0.05, 0.1) is 20.3 Å². The largest absolute Gasteiger partial charge is 0.495 e. The summed E-state index contributed by atoms with van der Waals surface area (Å²) in [5.41, 5.74) is 1.05. The molecule has 0 aromatic heterocycles. The molecule has 2 aliphatic rings. The number of sulfonamides is 1. The van der Waals surface area contributed by atoms with Crippen LogP contribution in [0.3, 0.4) is 0 Å². The first-order valence-corrected chi connectivity index (χ1v) is 12.1. The van der Waals surface area contributed by atoms with Crippen molar-refractivity contribution in [2.75, 3.05) is 57.3 Å². The summed E-state index contributed by atoms with van der Waals surface area (Å²) in [5.74, 6) is 1.16. The number of hydrogen-bond acceptors (Lipinski definition) is 8. The fourth-order valence-electron chi connectivity index (χ4n) is 3.58. The fourth-order valence-corrected chi connectivity index (χ4v) is 5.17. The average molecular weight is 478 g/mol. The summed E-state index contributed by atoms with van der Waals surface area (Å²) in [5, 5.41) is 5.89. The monoisotopic (exact) mass is 477 g/mol. The molecule has 178 valence electrons. The number of benzene rings is 2. The highest BCUT2D eigenvalue weighted by Crippen LogP contribution is 2.33. The number of ether oxygens (including phenoxy) is 4. The van der Waals surface area contributed by atoms with Crippen molar-refractivity contribution in [1.82, 2.24) is 4.31 Å². The second kappa shape index (κ2) is 9.86. The van der Waals surface area contributed by atoms with Gasteiger partial charge in [-0.2, -0.15) is 4.31 Å². The quantitative estimate of drug-likeness (QED) is 0.622. The van der Waals surface area contributed by atoms with Crippen LogP contribution in [0.1, 0.15) is 6.92 Å². The van der Waals surface area contributed by atoms with Crippen molar-refractivity contribution >= 4 is 27.3 Å². The van der Waals surface area contributed by atoms with Crippen LogP contribution in [0.25, 0.3) is 0 Å². The highest BCUT2D eigenvalue weighted by atomic mass is 32.2. The molecule has 1 fully saturated rings. The summed E-state index contributed by atoms with van der Waals surface area (Å²) in [6.45, 7) is 3.87. The first kappa shape index (κ1) is 23.1. The number of nitrogens with zero attached hydrogens (tertiary/aromatic N) is 1. The summed E-state index contributed by atoms with van der Waals surface area (Å²) < 4.78 is 49.3. The molecule has 2 heterocycles. The minimum atomic E-state index is -3.78. The van der Waals surface area contributed by atoms with Gasteiger partial charge in [-0.25, -0.2) is 8.42 Å². The number of amides is 1. The van der Waals surface area contributed by atoms with Gasteiger partial charge in [-0.15, -0.1) is 0 Å². The summed E-state index contributed by atoms with van der Waals surface area (Å²) in [6, 6.07) is 9.27. The number of carbonyl (C=O) groups excluding carboxylic acids is 1. The first-order chi connectivity index (χ1) is 15.9. The van der Waals surface area contributed by atoms with Gasteiger partial charge in [0.2, 0.25) is 15.9 Å². The number of anilines is 2. The highest BCUT2D eigenvalue weighted by Gasteiger charge is 2.30. The predicted octanol–water partition coefficient (Wildman–Crippen LogP) is 1.93. The van der Waals surface area contributed by atoms with Gasteiger partial charge < -0.3 is 29.6 Å². The van der Waals surface area contributed by atoms with Gasteiger partial charge in [0.1, 0.15) is 29.9 Å². The van der Waals surface area contributed by atoms with Gasteiger partial charge >= 0.3 is 0 Å². The maximum Gasteiger partial charge on any atom is 0.246 e. The summed E-state index contributed by atoms with van der Waals surface area (Å²) >= 11 is 0. The Morgan fingerprint density at radius 3 is 2.42 bits per heavy atom. The molecule has 0 bridgehead atoms. The molecular weight excluding hydrogens is 450 g/mol. The van der Waals surface area contributed by atoms with Crippen molar-refractivity contribution in [2.24, 2.45) is 0 Å². The number of methoxy groups -OCH3 is 1. The van der Waals surface area contributed by atoms with Gasteiger partial charge in [-0.05, 0) is 37.3 Å². The molecule has 2 aliphatic heterocycles. The maximum atomic E-state index is 13.2. The van der Waals surface area contributed by atoms with Crippen LogP contribution in [0.15, 0.2) is 41.3 Å². The second-order valence-electron chi connectivity index (χ2n) is 7.60. The molecule has 33 heavy (non-hydrogen) atoms. The Morgan fingerprint density at radius 2 is 1.70 bits per heavy atom. The van der Waals surface area contributed by atoms with Crippen molar-refractivity contribution < 1.29 is 32.2 Å². The van der Waals surface area contributed by atoms with Crippen LogP contribution < -0.4 is 24.8 Å². The van der Waals surface area contributed by atoms with E-state index in [4.69, 9.17) is 18.9 Å². The fraction of sp³-hybridized carbons (Fsp3) is 0.409. The number of hydrogen-bond donors (Lipinski definition) is 2. The molecule has 2 N–H and O–H groups in total. The molecule has 2 aromatic rings. The van der Waals surface area contributed by atoms with Crippen molar-refractivity contribution in [1.29, 1.82) is 0 Å². The average Bonchev–Trinajstić information content (AvgIpc) is 2.84. The Labute approximate surface area is 192 Å². The van der Waals surface area contributed by atoms with E-state index in [1.165, 1.54) is 17.5 Å². The molecule has 1 atom stereocenters. The van der Waals surface area contributed by atoms with E-state index < -0.39 is 16.1 Å². The van der Waals surface area contributed by atoms with E-state index in [2.05, 4.69) is 10.6 Å². The van der Waals surface area contributed by atoms with Gasteiger partial charge in [0.25, 0.3) is 0 Å². The van der Waals surface area contributed by atoms with Gasteiger partial charge in [-0.3, -0.25) is 4.79 Å². The third-order valence-corrected chi connectivity index (χ3v) is 7.26. The van der Waals surface area contributed by atoms with Gasteiger partial charge in [0.15, 0.2) is 11.5 Å². The van der Waals surface area contributed by atoms with Crippen molar-refractivity contribution in [3.05, 3.63) is 36.4 Å². The topological polar surface area (TPSA) is 115 Å². The van der Waals surface area contributed by atoms with Crippen LogP contribution >= 0.6 is 0 Å². The third-order valence-electron chi connectivity index (χ3n) is 5.34.